The van der Waals surface area contributed by atoms with Gasteiger partial charge in [0, 0.05) is 50.3 Å². The van der Waals surface area contributed by atoms with Crippen LogP contribution < -0.4 is 9.64 Å². The molecule has 6 aromatic rings. The first-order chi connectivity index (χ1) is 34.7. The molecule has 6 nitrogen and oxygen atoms in total. The molecule has 0 spiro atoms. The van der Waals surface area contributed by atoms with Gasteiger partial charge in [-0.05, 0) is 132 Å². The van der Waals surface area contributed by atoms with E-state index in [0.717, 1.165) is 106 Å². The smallest absolute Gasteiger partial charge is 0.234 e. The lowest BCUT2D eigenvalue weighted by Crippen LogP contribution is -2.47. The van der Waals surface area contributed by atoms with Gasteiger partial charge in [-0.2, -0.15) is 9.97 Å². The van der Waals surface area contributed by atoms with Gasteiger partial charge in [-0.25, -0.2) is 4.98 Å². The number of para-hydroxylation sites is 2. The zero-order valence-electron chi connectivity index (χ0n) is 42.4. The lowest BCUT2D eigenvalue weighted by molar-refractivity contribution is 0.399. The van der Waals surface area contributed by atoms with Crippen LogP contribution in [-0.2, 0) is 18.3 Å². The van der Waals surface area contributed by atoms with Gasteiger partial charge in [0.05, 0.1) is 11.2 Å². The van der Waals surface area contributed by atoms with Crippen molar-refractivity contribution in [3.8, 4) is 17.1 Å². The van der Waals surface area contributed by atoms with E-state index in [1.165, 1.54) is 46.2 Å². The first-order valence-corrected chi connectivity index (χ1v) is 26.7. The highest BCUT2D eigenvalue weighted by Crippen LogP contribution is 2.79. The van der Waals surface area contributed by atoms with Crippen molar-refractivity contribution in [2.24, 2.45) is 35.0 Å². The monoisotopic (exact) mass is 933 g/mol. The molecule has 0 radical (unpaired) electrons. The lowest BCUT2D eigenvalue weighted by Gasteiger charge is -2.44. The molecule has 3 saturated carbocycles. The van der Waals surface area contributed by atoms with E-state index in [1.54, 1.807) is 5.57 Å². The second-order valence-corrected chi connectivity index (χ2v) is 21.6. The number of hydrogen-bond donors (Lipinski definition) is 0. The van der Waals surface area contributed by atoms with Crippen LogP contribution in [0, 0.1) is 35.0 Å². The molecule has 2 aliphatic heterocycles. The van der Waals surface area contributed by atoms with Crippen LogP contribution in [0.4, 0.5) is 11.6 Å². The Balaban J connectivity index is 0.00000120. The van der Waals surface area contributed by atoms with Crippen LogP contribution >= 0.6 is 0 Å². The van der Waals surface area contributed by atoms with Crippen molar-refractivity contribution >= 4 is 50.3 Å². The maximum atomic E-state index is 7.01. The topological polar surface area (TPSA) is 64.3 Å². The number of anilines is 2. The summed E-state index contributed by atoms with van der Waals surface area (Å²) in [6.45, 7) is 19.7. The molecule has 0 N–H and O–H groups in total. The zero-order valence-corrected chi connectivity index (χ0v) is 42.4. The fourth-order valence-corrected chi connectivity index (χ4v) is 14.0. The zero-order chi connectivity index (χ0) is 48.6. The van der Waals surface area contributed by atoms with Crippen molar-refractivity contribution in [2.45, 2.75) is 104 Å². The van der Waals surface area contributed by atoms with Crippen LogP contribution in [0.3, 0.4) is 0 Å². The first-order valence-electron chi connectivity index (χ1n) is 26.7. The Kier molecular flexibility index (Phi) is 10.0. The Labute approximate surface area is 419 Å². The number of nitrogens with zero attached hydrogens (tertiary/aromatic N) is 4. The SMILES string of the molecule is C=C/C(=C\C=C1/Cc2ccccc2O1)c1cc2c(oc3ccccc32)c2c1N(c1nc(C3=CCC=CCC3C)nc(-c3ccc4c(c3)C(C)(C)C3=C4C=CC4CC34)n1)C13CC1(C=CC1CC13)C2.CC.CC. The van der Waals surface area contributed by atoms with Crippen LogP contribution in [0.1, 0.15) is 114 Å². The Morgan fingerprint density at radius 1 is 0.873 bits per heavy atom. The van der Waals surface area contributed by atoms with Gasteiger partial charge in [0.25, 0.3) is 0 Å². The van der Waals surface area contributed by atoms with Crippen LogP contribution in [0.5, 0.6) is 5.75 Å². The van der Waals surface area contributed by atoms with E-state index in [2.05, 4.69) is 154 Å². The van der Waals surface area contributed by atoms with Gasteiger partial charge in [0.1, 0.15) is 22.7 Å². The molecule has 15 rings (SSSR count). The Hall–Kier alpha value is -6.79. The largest absolute Gasteiger partial charge is 0.461 e. The highest BCUT2D eigenvalue weighted by Gasteiger charge is 2.80. The summed E-state index contributed by atoms with van der Waals surface area (Å²) < 4.78 is 13.4. The van der Waals surface area contributed by atoms with E-state index in [0.29, 0.717) is 23.7 Å². The molecule has 0 amide bonds. The highest BCUT2D eigenvalue weighted by atomic mass is 16.5. The third kappa shape index (κ3) is 6.41. The van der Waals surface area contributed by atoms with Gasteiger partial charge in [-0.3, -0.25) is 0 Å². The molecular weight excluding hydrogens is 869 g/mol. The predicted octanol–water partition coefficient (Wildman–Crippen LogP) is 16.2. The van der Waals surface area contributed by atoms with Gasteiger partial charge in [-0.1, -0.05) is 158 Å². The molecule has 3 fully saturated rings. The number of furan rings is 1. The lowest BCUT2D eigenvalue weighted by atomic mass is 9.77. The minimum atomic E-state index is -0.189. The first kappa shape index (κ1) is 44.2. The van der Waals surface area contributed by atoms with E-state index >= 15 is 0 Å². The number of ether oxygens (including phenoxy) is 1. The molecule has 71 heavy (non-hydrogen) atoms. The summed E-state index contributed by atoms with van der Waals surface area (Å²) in [5, 5.41) is 2.24. The van der Waals surface area contributed by atoms with Crippen LogP contribution in [0.25, 0.3) is 50.0 Å². The maximum absolute atomic E-state index is 7.01. The Morgan fingerprint density at radius 2 is 1.70 bits per heavy atom. The second kappa shape index (κ2) is 16.1. The summed E-state index contributed by atoms with van der Waals surface area (Å²) >= 11 is 0. The third-order valence-corrected chi connectivity index (χ3v) is 17.5. The Morgan fingerprint density at radius 3 is 2.56 bits per heavy atom. The van der Waals surface area contributed by atoms with E-state index in [9.17, 15) is 0 Å². The van der Waals surface area contributed by atoms with Gasteiger partial charge in [0.2, 0.25) is 5.95 Å². The molecular formula is C65H64N4O2. The van der Waals surface area contributed by atoms with Crippen molar-refractivity contribution in [3.05, 3.63) is 185 Å². The number of benzene rings is 4. The standard InChI is InChI=1S/C61H52N4O2.2C2H6/c1-5-35(19-22-40-27-38-14-9-11-17-51(38)66-40)46-31-47-43-16-10-12-18-52(43)67-55(47)48-32-60-26-25-37-29-49(37)61(60,33-60)65(54(46)48)58-63-56(62-57(64-58)41-15-8-6-7-13-34(41)2)39-21-23-42-44-24-20-36-28-45(36)53(44)59(3,4)50(42)30-39;2*1-2/h5-7,9-12,14-26,30-31,34,36-37,45,49H,1,8,13,27-29,32-33H2,2-4H3;2*1-2H3/b35-19+,40-22+;;. The minimum Gasteiger partial charge on any atom is -0.461 e. The van der Waals surface area contributed by atoms with Gasteiger partial charge in [-0.15, -0.1) is 0 Å². The fourth-order valence-electron chi connectivity index (χ4n) is 14.0. The summed E-state index contributed by atoms with van der Waals surface area (Å²) in [5.74, 6) is 6.74. The number of fused-ring (bicyclic) bond motifs is 11. The van der Waals surface area contributed by atoms with E-state index in [-0.39, 0.29) is 22.3 Å². The average molecular weight is 933 g/mol. The molecule has 4 aromatic carbocycles. The molecule has 7 atom stereocenters. The van der Waals surface area contributed by atoms with Crippen molar-refractivity contribution in [1.29, 1.82) is 0 Å². The van der Waals surface area contributed by atoms with Gasteiger partial charge >= 0.3 is 0 Å². The molecule has 2 aromatic heterocycles. The summed E-state index contributed by atoms with van der Waals surface area (Å²) in [6.07, 6.45) is 30.2. The molecule has 6 heteroatoms. The summed E-state index contributed by atoms with van der Waals surface area (Å²) in [4.78, 5) is 19.6. The van der Waals surface area contributed by atoms with E-state index in [4.69, 9.17) is 24.1 Å². The number of hydrogen-bond acceptors (Lipinski definition) is 6. The fraction of sp³-hybridized carbons (Fsp3) is 0.338. The van der Waals surface area contributed by atoms with Gasteiger partial charge in [0.15, 0.2) is 11.6 Å². The van der Waals surface area contributed by atoms with Crippen LogP contribution in [-0.4, -0.2) is 20.5 Å². The second-order valence-electron chi connectivity index (χ2n) is 21.6. The van der Waals surface area contributed by atoms with Gasteiger partial charge < -0.3 is 14.1 Å². The highest BCUT2D eigenvalue weighted by molar-refractivity contribution is 6.10. The van der Waals surface area contributed by atoms with Crippen LogP contribution in [0.2, 0.25) is 0 Å². The molecule has 0 saturated heterocycles. The molecule has 4 heterocycles. The minimum absolute atomic E-state index is 0.0662. The average Bonchev–Trinajstić information content (AvgIpc) is 4.37. The normalized spacial score (nSPS) is 28.6. The number of aromatic nitrogens is 3. The molecule has 7 unspecified atom stereocenters. The van der Waals surface area contributed by atoms with E-state index in [1.807, 2.05) is 39.8 Å². The maximum Gasteiger partial charge on any atom is 0.234 e. The van der Waals surface area contributed by atoms with Crippen LogP contribution in [0.15, 0.2) is 156 Å². The summed E-state index contributed by atoms with van der Waals surface area (Å²) in [7, 11) is 0. The number of allylic oxidation sites excluding steroid dienone is 14. The number of rotatable bonds is 6. The third-order valence-electron chi connectivity index (χ3n) is 17.5. The van der Waals surface area contributed by atoms with Crippen molar-refractivity contribution in [2.75, 3.05) is 4.90 Å². The summed E-state index contributed by atoms with van der Waals surface area (Å²) in [5.41, 5.74) is 15.2. The molecule has 356 valence electrons. The molecule has 0 bridgehead atoms. The quantitative estimate of drug-likeness (QED) is 0.122. The molecule has 9 aliphatic rings. The van der Waals surface area contributed by atoms with Crippen molar-refractivity contribution < 1.29 is 9.15 Å². The van der Waals surface area contributed by atoms with Crippen molar-refractivity contribution in [3.63, 3.8) is 0 Å². The Bertz CT molecular complexity index is 3470. The summed E-state index contributed by atoms with van der Waals surface area (Å²) in [6, 6.07) is 26.2. The predicted molar refractivity (Wildman–Crippen MR) is 291 cm³/mol. The van der Waals surface area contributed by atoms with Crippen molar-refractivity contribution in [1.82, 2.24) is 15.0 Å². The molecule has 7 aliphatic carbocycles. The van der Waals surface area contributed by atoms with E-state index < -0.39 is 0 Å².